The van der Waals surface area contributed by atoms with Crippen LogP contribution < -0.4 is 38.1 Å². The summed E-state index contributed by atoms with van der Waals surface area (Å²) in [6.45, 7) is 1.88. The lowest BCUT2D eigenvalue weighted by Gasteiger charge is -2.07. The Bertz CT molecular complexity index is 1650. The molecule has 14 nitrogen and oxygen atoms in total. The maximum atomic E-state index is 13.0. The Morgan fingerprint density at radius 3 is 2.05 bits per heavy atom. The normalized spacial score (nSPS) is 11.9. The standard InChI is InChI=1S/C28H35N11O3/c1-31-27(29)35-9-3-8-33-25(41)22-13-16-4-6-19(15-21(16)39-22)37-26(42)23-14-18-12-17(5-7-20(18)38-23)24(40)34-10-11-36-28(30)32-2/h4-7,12-15,38-39H,3,8-11H2,1-2H3,(H,33,41)(H,34,40)(H,37,42)(H3,29,31,35)(H3,30,32,36). The molecule has 0 unspecified atom stereocenters. The largest absolute Gasteiger partial charge is 0.370 e. The van der Waals surface area contributed by atoms with Gasteiger partial charge in [0.05, 0.1) is 0 Å². The molecule has 2 heterocycles. The molecule has 0 aliphatic heterocycles. The number of H-pyrrole nitrogens is 2. The van der Waals surface area contributed by atoms with E-state index in [9.17, 15) is 14.4 Å². The fraction of sp³-hybridized carbons (Fsp3) is 0.250. The molecule has 0 fully saturated rings. The monoisotopic (exact) mass is 573 g/mol. The molecule has 2 aromatic heterocycles. The Balaban J connectivity index is 1.34. The van der Waals surface area contributed by atoms with Crippen molar-refractivity contribution >= 4 is 57.1 Å². The van der Waals surface area contributed by atoms with Crippen molar-refractivity contribution in [2.75, 3.05) is 45.6 Å². The van der Waals surface area contributed by atoms with E-state index in [0.29, 0.717) is 72.7 Å². The number of nitrogens with one attached hydrogen (secondary N) is 7. The van der Waals surface area contributed by atoms with Crippen molar-refractivity contribution in [2.45, 2.75) is 6.42 Å². The lowest BCUT2D eigenvalue weighted by Crippen LogP contribution is -2.38. The third kappa shape index (κ3) is 7.56. The predicted molar refractivity (Wildman–Crippen MR) is 165 cm³/mol. The minimum atomic E-state index is -0.343. The van der Waals surface area contributed by atoms with Crippen LogP contribution in [0.25, 0.3) is 21.8 Å². The summed E-state index contributed by atoms with van der Waals surface area (Å²) in [7, 11) is 3.17. The van der Waals surface area contributed by atoms with Gasteiger partial charge in [-0.15, -0.1) is 0 Å². The minimum absolute atomic E-state index is 0.229. The van der Waals surface area contributed by atoms with Crippen LogP contribution in [0.1, 0.15) is 37.8 Å². The Labute approximate surface area is 241 Å². The number of hydrogen-bond acceptors (Lipinski definition) is 5. The van der Waals surface area contributed by atoms with E-state index in [1.54, 1.807) is 56.6 Å². The van der Waals surface area contributed by atoms with E-state index in [1.807, 2.05) is 6.07 Å². The summed E-state index contributed by atoms with van der Waals surface area (Å²) in [5, 5.41) is 15.9. The van der Waals surface area contributed by atoms with Crippen molar-refractivity contribution in [1.82, 2.24) is 31.2 Å². The molecule has 14 heteroatoms. The molecule has 2 aromatic carbocycles. The number of nitrogens with zero attached hydrogens (tertiary/aromatic N) is 2. The van der Waals surface area contributed by atoms with Gasteiger partial charge in [0.25, 0.3) is 17.7 Å². The van der Waals surface area contributed by atoms with E-state index in [4.69, 9.17) is 11.5 Å². The van der Waals surface area contributed by atoms with E-state index in [0.717, 1.165) is 16.3 Å². The van der Waals surface area contributed by atoms with Gasteiger partial charge in [0.2, 0.25) is 0 Å². The number of fused-ring (bicyclic) bond motifs is 2. The van der Waals surface area contributed by atoms with Gasteiger partial charge >= 0.3 is 0 Å². The van der Waals surface area contributed by atoms with Gasteiger partial charge in [-0.3, -0.25) is 24.4 Å². The number of aromatic amines is 2. The van der Waals surface area contributed by atoms with Crippen molar-refractivity contribution < 1.29 is 14.4 Å². The molecule has 0 saturated carbocycles. The zero-order chi connectivity index (χ0) is 30.1. The second-order valence-corrected chi connectivity index (χ2v) is 9.36. The Kier molecular flexibility index (Phi) is 9.61. The van der Waals surface area contributed by atoms with Gasteiger partial charge in [-0.2, -0.15) is 0 Å². The highest BCUT2D eigenvalue weighted by atomic mass is 16.2. The molecule has 220 valence electrons. The van der Waals surface area contributed by atoms with E-state index in [-0.39, 0.29) is 17.7 Å². The zero-order valence-electron chi connectivity index (χ0n) is 23.4. The first-order valence-electron chi connectivity index (χ1n) is 13.3. The highest BCUT2D eigenvalue weighted by molar-refractivity contribution is 6.08. The first kappa shape index (κ1) is 29.5. The smallest absolute Gasteiger partial charge is 0.272 e. The molecule has 0 atom stereocenters. The highest BCUT2D eigenvalue weighted by Gasteiger charge is 2.14. The van der Waals surface area contributed by atoms with E-state index in [2.05, 4.69) is 46.5 Å². The summed E-state index contributed by atoms with van der Waals surface area (Å²) in [6.07, 6.45) is 0.684. The van der Waals surface area contributed by atoms with Gasteiger partial charge in [0.1, 0.15) is 11.4 Å². The van der Waals surface area contributed by atoms with Gasteiger partial charge in [0.15, 0.2) is 11.9 Å². The molecule has 4 rings (SSSR count). The summed E-state index contributed by atoms with van der Waals surface area (Å²) in [4.78, 5) is 51.9. The zero-order valence-corrected chi connectivity index (χ0v) is 23.4. The van der Waals surface area contributed by atoms with Crippen LogP contribution in [0.5, 0.6) is 0 Å². The molecule has 11 N–H and O–H groups in total. The average Bonchev–Trinajstić information content (AvgIpc) is 3.62. The van der Waals surface area contributed by atoms with E-state index < -0.39 is 0 Å². The lowest BCUT2D eigenvalue weighted by atomic mass is 10.1. The van der Waals surface area contributed by atoms with Crippen LogP contribution in [-0.4, -0.2) is 79.9 Å². The maximum absolute atomic E-state index is 13.0. The molecule has 3 amide bonds. The van der Waals surface area contributed by atoms with Gasteiger partial charge in [-0.25, -0.2) is 0 Å². The van der Waals surface area contributed by atoms with Gasteiger partial charge in [-0.1, -0.05) is 6.07 Å². The molecule has 0 aliphatic carbocycles. The molecular formula is C28H35N11O3. The highest BCUT2D eigenvalue weighted by Crippen LogP contribution is 2.22. The summed E-state index contributed by atoms with van der Waals surface area (Å²) < 4.78 is 0. The summed E-state index contributed by atoms with van der Waals surface area (Å²) in [5.74, 6) is -0.159. The van der Waals surface area contributed by atoms with Gasteiger partial charge < -0.3 is 48.0 Å². The SMILES string of the molecule is CN=C(N)NCCCNC(=O)c1cc2ccc(NC(=O)c3cc4cc(C(=O)NCCNC(N)=NC)ccc4[nH]3)cc2[nH]1. The molecule has 0 saturated heterocycles. The Morgan fingerprint density at radius 1 is 0.667 bits per heavy atom. The van der Waals surface area contributed by atoms with Crippen LogP contribution in [0.2, 0.25) is 0 Å². The number of guanidine groups is 2. The van der Waals surface area contributed by atoms with Crippen LogP contribution in [0.4, 0.5) is 5.69 Å². The molecule has 0 radical (unpaired) electrons. The van der Waals surface area contributed by atoms with Crippen LogP contribution in [-0.2, 0) is 0 Å². The van der Waals surface area contributed by atoms with Crippen LogP contribution in [0.3, 0.4) is 0 Å². The maximum Gasteiger partial charge on any atom is 0.272 e. The van der Waals surface area contributed by atoms with Crippen LogP contribution in [0.15, 0.2) is 58.5 Å². The molecule has 42 heavy (non-hydrogen) atoms. The van der Waals surface area contributed by atoms with Gasteiger partial charge in [-0.05, 0) is 48.9 Å². The second-order valence-electron chi connectivity index (χ2n) is 9.36. The average molecular weight is 574 g/mol. The Hall–Kier alpha value is -5.53. The fourth-order valence-electron chi connectivity index (χ4n) is 4.15. The predicted octanol–water partition coefficient (Wildman–Crippen LogP) is 0.819. The molecular weight excluding hydrogens is 538 g/mol. The Morgan fingerprint density at radius 2 is 1.29 bits per heavy atom. The number of nitrogens with two attached hydrogens (primary N) is 2. The van der Waals surface area contributed by atoms with Crippen LogP contribution in [0, 0.1) is 0 Å². The number of aliphatic imine (C=N–C) groups is 2. The lowest BCUT2D eigenvalue weighted by molar-refractivity contribution is 0.0943. The van der Waals surface area contributed by atoms with Crippen LogP contribution >= 0.6 is 0 Å². The molecule has 0 aliphatic rings. The van der Waals surface area contributed by atoms with Crippen molar-refractivity contribution in [3.63, 3.8) is 0 Å². The summed E-state index contributed by atoms with van der Waals surface area (Å²) in [6, 6.07) is 14.0. The number of hydrogen-bond donors (Lipinski definition) is 9. The van der Waals surface area contributed by atoms with E-state index >= 15 is 0 Å². The first-order valence-corrected chi connectivity index (χ1v) is 13.3. The number of carbonyl (C=O) groups excluding carboxylic acids is 3. The topological polar surface area (TPSA) is 220 Å². The quantitative estimate of drug-likeness (QED) is 0.0713. The van der Waals surface area contributed by atoms with Crippen molar-refractivity contribution in [3.05, 3.63) is 65.5 Å². The fourth-order valence-corrected chi connectivity index (χ4v) is 4.15. The molecule has 4 aromatic rings. The summed E-state index contributed by atoms with van der Waals surface area (Å²) >= 11 is 0. The third-order valence-electron chi connectivity index (χ3n) is 6.40. The number of rotatable bonds is 11. The van der Waals surface area contributed by atoms with Crippen molar-refractivity contribution in [1.29, 1.82) is 0 Å². The minimum Gasteiger partial charge on any atom is -0.370 e. The molecule has 0 spiro atoms. The van der Waals surface area contributed by atoms with Gasteiger partial charge in [0, 0.05) is 73.3 Å². The van der Waals surface area contributed by atoms with Crippen molar-refractivity contribution in [3.8, 4) is 0 Å². The first-order chi connectivity index (χ1) is 20.3. The number of aromatic nitrogens is 2. The number of amides is 3. The van der Waals surface area contributed by atoms with E-state index in [1.165, 1.54) is 0 Å². The number of benzene rings is 2. The second kappa shape index (κ2) is 13.7. The third-order valence-corrected chi connectivity index (χ3v) is 6.40. The van der Waals surface area contributed by atoms with Crippen molar-refractivity contribution in [2.24, 2.45) is 21.5 Å². The number of carbonyl (C=O) groups is 3. The summed E-state index contributed by atoms with van der Waals surface area (Å²) in [5.41, 5.74) is 14.4. The molecule has 0 bridgehead atoms. The number of anilines is 1.